The van der Waals surface area contributed by atoms with Crippen LogP contribution in [-0.4, -0.2) is 31.2 Å². The summed E-state index contributed by atoms with van der Waals surface area (Å²) in [5, 5.41) is 4.69. The van der Waals surface area contributed by atoms with Gasteiger partial charge in [0.25, 0.3) is 5.91 Å². The standard InChI is InChI=1S/C18H15Cl3N2O3S/c1-25-5-6-26-18-10(3-2-4-22-18)9-23-17(24)16-15(21)14-12(20)7-11(19)8-13(14)27-16/h2-4,7-8H,5-6,9H2,1H3,(H,23,24). The Kier molecular flexibility index (Phi) is 6.78. The number of benzene rings is 1. The van der Waals surface area contributed by atoms with Crippen LogP contribution in [0.15, 0.2) is 30.5 Å². The maximum absolute atomic E-state index is 12.6. The number of fused-ring (bicyclic) bond motifs is 1. The molecule has 27 heavy (non-hydrogen) atoms. The summed E-state index contributed by atoms with van der Waals surface area (Å²) >= 11 is 19.9. The topological polar surface area (TPSA) is 60.5 Å². The molecular formula is C18H15Cl3N2O3S. The zero-order valence-electron chi connectivity index (χ0n) is 14.2. The smallest absolute Gasteiger partial charge is 0.263 e. The average Bonchev–Trinajstić information content (AvgIpc) is 2.97. The molecule has 3 aromatic rings. The molecular weight excluding hydrogens is 431 g/mol. The van der Waals surface area contributed by atoms with Crippen molar-refractivity contribution >= 4 is 62.1 Å². The zero-order valence-corrected chi connectivity index (χ0v) is 17.3. The van der Waals surface area contributed by atoms with Gasteiger partial charge in [0.1, 0.15) is 11.5 Å². The van der Waals surface area contributed by atoms with E-state index in [1.165, 1.54) is 11.3 Å². The van der Waals surface area contributed by atoms with Gasteiger partial charge in [-0.25, -0.2) is 4.98 Å². The number of halogens is 3. The molecule has 0 saturated heterocycles. The van der Waals surface area contributed by atoms with Crippen LogP contribution in [0.2, 0.25) is 15.1 Å². The number of rotatable bonds is 7. The molecule has 0 unspecified atom stereocenters. The summed E-state index contributed by atoms with van der Waals surface area (Å²) in [4.78, 5) is 17.2. The number of amides is 1. The molecule has 0 aliphatic heterocycles. The third-order valence-corrected chi connectivity index (χ3v) is 5.81. The summed E-state index contributed by atoms with van der Waals surface area (Å²) in [5.41, 5.74) is 0.750. The maximum Gasteiger partial charge on any atom is 0.263 e. The third-order valence-electron chi connectivity index (χ3n) is 3.67. The van der Waals surface area contributed by atoms with Crippen molar-refractivity contribution < 1.29 is 14.3 Å². The first-order chi connectivity index (χ1) is 13.0. The van der Waals surface area contributed by atoms with Crippen LogP contribution in [0.3, 0.4) is 0 Å². The predicted molar refractivity (Wildman–Crippen MR) is 110 cm³/mol. The molecule has 2 heterocycles. The largest absolute Gasteiger partial charge is 0.475 e. The second-order valence-corrected chi connectivity index (χ2v) is 7.77. The molecule has 2 aromatic heterocycles. The van der Waals surface area contributed by atoms with Gasteiger partial charge in [0.05, 0.1) is 16.7 Å². The Morgan fingerprint density at radius 2 is 2.07 bits per heavy atom. The lowest BCUT2D eigenvalue weighted by molar-refractivity contribution is 0.0954. The molecule has 3 rings (SSSR count). The van der Waals surface area contributed by atoms with Gasteiger partial charge in [-0.3, -0.25) is 4.79 Å². The third kappa shape index (κ3) is 4.65. The molecule has 0 bridgehead atoms. The highest BCUT2D eigenvalue weighted by atomic mass is 35.5. The van der Waals surface area contributed by atoms with E-state index in [9.17, 15) is 4.79 Å². The van der Waals surface area contributed by atoms with Gasteiger partial charge < -0.3 is 14.8 Å². The molecule has 1 N–H and O–H groups in total. The number of nitrogens with zero attached hydrogens (tertiary/aromatic N) is 1. The Balaban J connectivity index is 1.76. The van der Waals surface area contributed by atoms with Crippen LogP contribution in [0.5, 0.6) is 5.88 Å². The minimum atomic E-state index is -0.305. The van der Waals surface area contributed by atoms with Gasteiger partial charge in [0.2, 0.25) is 5.88 Å². The fourth-order valence-electron chi connectivity index (χ4n) is 2.42. The van der Waals surface area contributed by atoms with Crippen molar-refractivity contribution in [1.29, 1.82) is 0 Å². The lowest BCUT2D eigenvalue weighted by atomic mass is 10.2. The second kappa shape index (κ2) is 9.08. The molecule has 1 aromatic carbocycles. The Hall–Kier alpha value is -1.57. The quantitative estimate of drug-likeness (QED) is 0.507. The van der Waals surface area contributed by atoms with Crippen LogP contribution in [-0.2, 0) is 11.3 Å². The first-order valence-corrected chi connectivity index (χ1v) is 9.87. The zero-order chi connectivity index (χ0) is 19.4. The fraction of sp³-hybridized carbons (Fsp3) is 0.222. The SMILES string of the molecule is COCCOc1ncccc1CNC(=O)c1sc2cc(Cl)cc(Cl)c2c1Cl. The monoisotopic (exact) mass is 444 g/mol. The summed E-state index contributed by atoms with van der Waals surface area (Å²) in [6.45, 7) is 1.06. The number of pyridine rings is 1. The van der Waals surface area contributed by atoms with E-state index in [0.717, 1.165) is 10.3 Å². The number of hydrogen-bond donors (Lipinski definition) is 1. The van der Waals surface area contributed by atoms with Crippen molar-refractivity contribution in [3.63, 3.8) is 0 Å². The first kappa shape index (κ1) is 20.2. The Morgan fingerprint density at radius 3 is 2.85 bits per heavy atom. The molecule has 0 atom stereocenters. The molecule has 0 aliphatic carbocycles. The van der Waals surface area contributed by atoms with E-state index >= 15 is 0 Å². The van der Waals surface area contributed by atoms with Crippen molar-refractivity contribution in [2.45, 2.75) is 6.54 Å². The number of carbonyl (C=O) groups is 1. The highest BCUT2D eigenvalue weighted by Gasteiger charge is 2.20. The van der Waals surface area contributed by atoms with Gasteiger partial charge in [-0.05, 0) is 18.2 Å². The van der Waals surface area contributed by atoms with Crippen LogP contribution in [0, 0.1) is 0 Å². The summed E-state index contributed by atoms with van der Waals surface area (Å²) in [6, 6.07) is 6.95. The normalized spacial score (nSPS) is 11.0. The number of ether oxygens (including phenoxy) is 2. The van der Waals surface area contributed by atoms with Gasteiger partial charge >= 0.3 is 0 Å². The van der Waals surface area contributed by atoms with Gasteiger partial charge in [0.15, 0.2) is 0 Å². The number of carbonyl (C=O) groups excluding carboxylic acids is 1. The minimum Gasteiger partial charge on any atom is -0.475 e. The Morgan fingerprint density at radius 1 is 1.26 bits per heavy atom. The molecule has 5 nitrogen and oxygen atoms in total. The highest BCUT2D eigenvalue weighted by molar-refractivity contribution is 7.21. The highest BCUT2D eigenvalue weighted by Crippen LogP contribution is 2.41. The molecule has 0 fully saturated rings. The van der Waals surface area contributed by atoms with E-state index in [4.69, 9.17) is 44.3 Å². The molecule has 0 spiro atoms. The first-order valence-electron chi connectivity index (χ1n) is 7.92. The number of nitrogens with one attached hydrogen (secondary N) is 1. The lowest BCUT2D eigenvalue weighted by Gasteiger charge is -2.10. The van der Waals surface area contributed by atoms with Crippen molar-refractivity contribution in [3.05, 3.63) is 56.0 Å². The van der Waals surface area contributed by atoms with E-state index in [0.29, 0.717) is 44.4 Å². The molecule has 142 valence electrons. The summed E-state index contributed by atoms with van der Waals surface area (Å²) in [5.74, 6) is 0.146. The van der Waals surface area contributed by atoms with E-state index in [1.54, 1.807) is 31.5 Å². The number of thiophene rings is 1. The van der Waals surface area contributed by atoms with Crippen molar-refractivity contribution in [3.8, 4) is 5.88 Å². The molecule has 0 radical (unpaired) electrons. The molecule has 1 amide bonds. The van der Waals surface area contributed by atoms with Crippen molar-refractivity contribution in [2.75, 3.05) is 20.3 Å². The summed E-state index contributed by atoms with van der Waals surface area (Å²) in [7, 11) is 1.59. The second-order valence-electron chi connectivity index (χ2n) is 5.50. The van der Waals surface area contributed by atoms with E-state index in [2.05, 4.69) is 10.3 Å². The number of hydrogen-bond acceptors (Lipinski definition) is 5. The summed E-state index contributed by atoms with van der Waals surface area (Å²) < 4.78 is 11.3. The molecule has 9 heteroatoms. The van der Waals surface area contributed by atoms with Crippen molar-refractivity contribution in [2.24, 2.45) is 0 Å². The lowest BCUT2D eigenvalue weighted by Crippen LogP contribution is -2.22. The minimum absolute atomic E-state index is 0.244. The van der Waals surface area contributed by atoms with Gasteiger partial charge in [-0.1, -0.05) is 40.9 Å². The molecule has 0 aliphatic rings. The summed E-state index contributed by atoms with van der Waals surface area (Å²) in [6.07, 6.45) is 1.63. The van der Waals surface area contributed by atoms with Crippen LogP contribution < -0.4 is 10.1 Å². The van der Waals surface area contributed by atoms with Crippen LogP contribution in [0.25, 0.3) is 10.1 Å². The molecule has 0 saturated carbocycles. The van der Waals surface area contributed by atoms with Crippen LogP contribution in [0.4, 0.5) is 0 Å². The Labute approximate surface area is 175 Å². The van der Waals surface area contributed by atoms with E-state index < -0.39 is 0 Å². The van der Waals surface area contributed by atoms with Gasteiger partial charge in [-0.15, -0.1) is 11.3 Å². The van der Waals surface area contributed by atoms with Crippen molar-refractivity contribution in [1.82, 2.24) is 10.3 Å². The van der Waals surface area contributed by atoms with Gasteiger partial charge in [0, 0.05) is 40.5 Å². The predicted octanol–water partition coefficient (Wildman–Crippen LogP) is 5.21. The Bertz CT molecular complexity index is 978. The van der Waals surface area contributed by atoms with E-state index in [1.807, 2.05) is 6.07 Å². The number of aromatic nitrogens is 1. The van der Waals surface area contributed by atoms with E-state index in [-0.39, 0.29) is 12.5 Å². The maximum atomic E-state index is 12.6. The number of methoxy groups -OCH3 is 1. The average molecular weight is 446 g/mol. The van der Waals surface area contributed by atoms with Crippen LogP contribution >= 0.6 is 46.1 Å². The fourth-order valence-corrected chi connectivity index (χ4v) is 4.72. The van der Waals surface area contributed by atoms with Gasteiger partial charge in [-0.2, -0.15) is 0 Å². The van der Waals surface area contributed by atoms with Crippen LogP contribution in [0.1, 0.15) is 15.2 Å².